The molecule has 0 aliphatic carbocycles. The maximum Gasteiger partial charge on any atom is 0.225 e. The van der Waals surface area contributed by atoms with E-state index in [1.54, 1.807) is 0 Å². The number of carbonyl (C=O) groups is 1. The van der Waals surface area contributed by atoms with Crippen molar-refractivity contribution in [1.82, 2.24) is 9.62 Å². The maximum absolute atomic E-state index is 12.0. The van der Waals surface area contributed by atoms with E-state index in [9.17, 15) is 13.2 Å². The molecule has 1 heterocycles. The molecular weight excluding hydrogens is 314 g/mol. The van der Waals surface area contributed by atoms with Crippen LogP contribution in [-0.2, 0) is 14.8 Å². The molecule has 1 aliphatic rings. The smallest absolute Gasteiger partial charge is 0.225 e. The first kappa shape index (κ1) is 17.9. The molecule has 128 valence electrons. The van der Waals surface area contributed by atoms with Crippen LogP contribution >= 0.6 is 0 Å². The Bertz CT molecular complexity index is 604. The molecule has 23 heavy (non-hydrogen) atoms. The average Bonchev–Trinajstić information content (AvgIpc) is 2.52. The van der Waals surface area contributed by atoms with Gasteiger partial charge in [-0.1, -0.05) is 18.2 Å². The van der Waals surface area contributed by atoms with Crippen molar-refractivity contribution >= 4 is 21.6 Å². The number of nitrogens with one attached hydrogen (secondary N) is 2. The number of nitrogens with zero attached hydrogens (tertiary/aromatic N) is 1. The van der Waals surface area contributed by atoms with Crippen LogP contribution in [0.3, 0.4) is 0 Å². The van der Waals surface area contributed by atoms with Gasteiger partial charge in [0.2, 0.25) is 15.9 Å². The molecule has 1 aromatic rings. The molecule has 0 saturated carbocycles. The highest BCUT2D eigenvalue weighted by molar-refractivity contribution is 7.88. The van der Waals surface area contributed by atoms with Crippen LogP contribution in [-0.4, -0.2) is 51.7 Å². The monoisotopic (exact) mass is 339 g/mol. The third kappa shape index (κ3) is 7.11. The van der Waals surface area contributed by atoms with Gasteiger partial charge in [-0.25, -0.2) is 13.1 Å². The van der Waals surface area contributed by atoms with E-state index >= 15 is 0 Å². The fourth-order valence-electron chi connectivity index (χ4n) is 2.79. The van der Waals surface area contributed by atoms with Gasteiger partial charge < -0.3 is 10.2 Å². The number of likely N-dealkylation sites (tertiary alicyclic amines) is 1. The van der Waals surface area contributed by atoms with Gasteiger partial charge in [0.1, 0.15) is 0 Å². The molecule has 1 amide bonds. The van der Waals surface area contributed by atoms with E-state index in [4.69, 9.17) is 0 Å². The van der Waals surface area contributed by atoms with Crippen LogP contribution in [0.15, 0.2) is 30.3 Å². The number of amides is 1. The Hall–Kier alpha value is -1.44. The molecule has 7 heteroatoms. The van der Waals surface area contributed by atoms with Crippen LogP contribution < -0.4 is 10.0 Å². The van der Waals surface area contributed by atoms with Crippen molar-refractivity contribution in [2.75, 3.05) is 37.8 Å². The lowest BCUT2D eigenvalue weighted by atomic mass is 9.98. The Balaban J connectivity index is 1.71. The fourth-order valence-corrected chi connectivity index (χ4v) is 3.33. The van der Waals surface area contributed by atoms with E-state index in [-0.39, 0.29) is 5.91 Å². The number of carbonyl (C=O) groups excluding carboxylic acids is 1. The highest BCUT2D eigenvalue weighted by Gasteiger charge is 2.21. The number of piperidine rings is 1. The van der Waals surface area contributed by atoms with E-state index in [0.29, 0.717) is 25.4 Å². The normalized spacial score (nSPS) is 19.4. The third-order valence-electron chi connectivity index (χ3n) is 3.95. The average molecular weight is 339 g/mol. The summed E-state index contributed by atoms with van der Waals surface area (Å²) in [6.45, 7) is 2.98. The van der Waals surface area contributed by atoms with Crippen molar-refractivity contribution in [3.05, 3.63) is 30.3 Å². The van der Waals surface area contributed by atoms with Crippen LogP contribution in [0.4, 0.5) is 5.69 Å². The Morgan fingerprint density at radius 1 is 1.30 bits per heavy atom. The first-order valence-corrected chi connectivity index (χ1v) is 9.83. The Morgan fingerprint density at radius 3 is 2.74 bits per heavy atom. The van der Waals surface area contributed by atoms with Gasteiger partial charge in [-0.2, -0.15) is 0 Å². The molecule has 6 nitrogen and oxygen atoms in total. The summed E-state index contributed by atoms with van der Waals surface area (Å²) in [5.41, 5.74) is 0.811. The van der Waals surface area contributed by atoms with Crippen molar-refractivity contribution in [3.63, 3.8) is 0 Å². The van der Waals surface area contributed by atoms with Crippen molar-refractivity contribution < 1.29 is 13.2 Å². The summed E-state index contributed by atoms with van der Waals surface area (Å²) in [5.74, 6) is 0.322. The van der Waals surface area contributed by atoms with Crippen LogP contribution in [0.25, 0.3) is 0 Å². The van der Waals surface area contributed by atoms with Gasteiger partial charge in [0.05, 0.1) is 6.26 Å². The second-order valence-corrected chi connectivity index (χ2v) is 7.93. The Kier molecular flexibility index (Phi) is 6.56. The third-order valence-corrected chi connectivity index (χ3v) is 4.64. The number of para-hydroxylation sites is 1. The van der Waals surface area contributed by atoms with E-state index in [2.05, 4.69) is 14.9 Å². The molecule has 0 aromatic heterocycles. The van der Waals surface area contributed by atoms with Crippen molar-refractivity contribution in [2.45, 2.75) is 19.3 Å². The first-order chi connectivity index (χ1) is 10.9. The maximum atomic E-state index is 12.0. The number of hydrogen-bond donors (Lipinski definition) is 2. The standard InChI is InChI=1S/C16H25N3O3S/c1-23(21,22)17-12-14-6-5-10-19(13-14)11-9-16(20)18-15-7-3-2-4-8-15/h2-4,7-8,14,17H,5-6,9-13H2,1H3,(H,18,20). The molecule has 1 atom stereocenters. The number of benzene rings is 1. The molecule has 1 aliphatic heterocycles. The topological polar surface area (TPSA) is 78.5 Å². The van der Waals surface area contributed by atoms with Gasteiger partial charge in [-0.15, -0.1) is 0 Å². The highest BCUT2D eigenvalue weighted by atomic mass is 32.2. The lowest BCUT2D eigenvalue weighted by Crippen LogP contribution is -2.41. The van der Waals surface area contributed by atoms with E-state index in [1.807, 2.05) is 30.3 Å². The second-order valence-electron chi connectivity index (χ2n) is 6.09. The zero-order valence-corrected chi connectivity index (χ0v) is 14.3. The van der Waals surface area contributed by atoms with Crippen LogP contribution in [0.5, 0.6) is 0 Å². The van der Waals surface area contributed by atoms with Gasteiger partial charge in [0.25, 0.3) is 0 Å². The van der Waals surface area contributed by atoms with Gasteiger partial charge in [-0.3, -0.25) is 4.79 Å². The molecule has 0 spiro atoms. The lowest BCUT2D eigenvalue weighted by Gasteiger charge is -2.32. The first-order valence-electron chi connectivity index (χ1n) is 7.94. The Morgan fingerprint density at radius 2 is 2.04 bits per heavy atom. The van der Waals surface area contributed by atoms with Crippen molar-refractivity contribution in [2.24, 2.45) is 5.92 Å². The van der Waals surface area contributed by atoms with E-state index in [0.717, 1.165) is 31.6 Å². The van der Waals surface area contributed by atoms with Gasteiger partial charge in [-0.05, 0) is 37.4 Å². The van der Waals surface area contributed by atoms with Gasteiger partial charge >= 0.3 is 0 Å². The molecule has 0 radical (unpaired) electrons. The molecular formula is C16H25N3O3S. The number of hydrogen-bond acceptors (Lipinski definition) is 4. The van der Waals surface area contributed by atoms with E-state index in [1.165, 1.54) is 6.26 Å². The highest BCUT2D eigenvalue weighted by Crippen LogP contribution is 2.16. The largest absolute Gasteiger partial charge is 0.326 e. The predicted molar refractivity (Wildman–Crippen MR) is 91.7 cm³/mol. The minimum Gasteiger partial charge on any atom is -0.326 e. The zero-order chi connectivity index (χ0) is 16.7. The Labute approximate surface area is 138 Å². The fraction of sp³-hybridized carbons (Fsp3) is 0.562. The predicted octanol–water partition coefficient (Wildman–Crippen LogP) is 1.28. The van der Waals surface area contributed by atoms with Gasteiger partial charge in [0, 0.05) is 31.7 Å². The van der Waals surface area contributed by atoms with Crippen LogP contribution in [0.2, 0.25) is 0 Å². The molecule has 2 rings (SSSR count). The summed E-state index contributed by atoms with van der Waals surface area (Å²) in [6, 6.07) is 9.42. The number of anilines is 1. The number of sulfonamides is 1. The molecule has 1 unspecified atom stereocenters. The van der Waals surface area contributed by atoms with Crippen molar-refractivity contribution in [1.29, 1.82) is 0 Å². The van der Waals surface area contributed by atoms with E-state index < -0.39 is 10.0 Å². The van der Waals surface area contributed by atoms with Crippen LogP contribution in [0, 0.1) is 5.92 Å². The second kappa shape index (κ2) is 8.42. The minimum atomic E-state index is -3.13. The SMILES string of the molecule is CS(=O)(=O)NCC1CCCN(CCC(=O)Nc2ccccc2)C1. The summed E-state index contributed by atoms with van der Waals surface area (Å²) in [7, 11) is -3.13. The molecule has 2 N–H and O–H groups in total. The summed E-state index contributed by atoms with van der Waals surface area (Å²) >= 11 is 0. The molecule has 1 saturated heterocycles. The lowest BCUT2D eigenvalue weighted by molar-refractivity contribution is -0.116. The summed E-state index contributed by atoms with van der Waals surface area (Å²) < 4.78 is 24.9. The summed E-state index contributed by atoms with van der Waals surface area (Å²) in [5, 5.41) is 2.88. The zero-order valence-electron chi connectivity index (χ0n) is 13.5. The summed E-state index contributed by atoms with van der Waals surface area (Å²) in [6.07, 6.45) is 3.69. The minimum absolute atomic E-state index is 0.00702. The van der Waals surface area contributed by atoms with Crippen LogP contribution in [0.1, 0.15) is 19.3 Å². The van der Waals surface area contributed by atoms with Gasteiger partial charge in [0.15, 0.2) is 0 Å². The molecule has 0 bridgehead atoms. The summed E-state index contributed by atoms with van der Waals surface area (Å²) in [4.78, 5) is 14.2. The van der Waals surface area contributed by atoms with Crippen molar-refractivity contribution in [3.8, 4) is 0 Å². The quantitative estimate of drug-likeness (QED) is 0.784. The number of rotatable bonds is 7. The molecule has 1 fully saturated rings. The molecule has 1 aromatic carbocycles.